The molecule has 2 aromatic rings. The van der Waals surface area contributed by atoms with E-state index in [0.29, 0.717) is 0 Å². The Hall–Kier alpha value is -1.83. The fraction of sp³-hybridized carbons (Fsp3) is 0.267. The zero-order chi connectivity index (χ0) is 12.0. The normalized spacial score (nSPS) is 17.0. The SMILES string of the molecule is Cc1ccc2c(C3(C(=O)O)CC3)cccc2c1. The number of carboxylic acids is 1. The highest BCUT2D eigenvalue weighted by atomic mass is 16.4. The third-order valence-corrected chi connectivity index (χ3v) is 3.71. The van der Waals surface area contributed by atoms with Gasteiger partial charge in [0.25, 0.3) is 0 Å². The first-order valence-electron chi connectivity index (χ1n) is 5.87. The van der Waals surface area contributed by atoms with Crippen molar-refractivity contribution in [1.29, 1.82) is 0 Å². The topological polar surface area (TPSA) is 37.3 Å². The molecule has 1 fully saturated rings. The molecule has 2 aromatic carbocycles. The van der Waals surface area contributed by atoms with Crippen molar-refractivity contribution in [2.45, 2.75) is 25.2 Å². The van der Waals surface area contributed by atoms with E-state index in [4.69, 9.17) is 0 Å². The molecule has 0 atom stereocenters. The number of aliphatic carboxylic acids is 1. The Morgan fingerprint density at radius 2 is 2.00 bits per heavy atom. The van der Waals surface area contributed by atoms with Crippen molar-refractivity contribution < 1.29 is 9.90 Å². The van der Waals surface area contributed by atoms with E-state index in [1.807, 2.05) is 30.3 Å². The quantitative estimate of drug-likeness (QED) is 0.853. The molecule has 2 heteroatoms. The highest BCUT2D eigenvalue weighted by Crippen LogP contribution is 2.50. The molecule has 0 spiro atoms. The molecule has 0 radical (unpaired) electrons. The fourth-order valence-electron chi connectivity index (χ4n) is 2.54. The molecule has 2 nitrogen and oxygen atoms in total. The summed E-state index contributed by atoms with van der Waals surface area (Å²) in [5, 5.41) is 11.6. The second kappa shape index (κ2) is 3.33. The van der Waals surface area contributed by atoms with Crippen molar-refractivity contribution >= 4 is 16.7 Å². The van der Waals surface area contributed by atoms with Gasteiger partial charge in [0.05, 0.1) is 5.41 Å². The molecular weight excluding hydrogens is 212 g/mol. The van der Waals surface area contributed by atoms with Gasteiger partial charge in [-0.2, -0.15) is 0 Å². The number of rotatable bonds is 2. The molecule has 3 rings (SSSR count). The summed E-state index contributed by atoms with van der Waals surface area (Å²) in [6.45, 7) is 2.05. The van der Waals surface area contributed by atoms with Crippen LogP contribution in [0, 0.1) is 6.92 Å². The lowest BCUT2D eigenvalue weighted by atomic mass is 9.90. The molecule has 0 heterocycles. The molecule has 0 unspecified atom stereocenters. The number of hydrogen-bond donors (Lipinski definition) is 1. The average molecular weight is 226 g/mol. The van der Waals surface area contributed by atoms with Gasteiger partial charge in [-0.15, -0.1) is 0 Å². The first-order valence-corrected chi connectivity index (χ1v) is 5.87. The Morgan fingerprint density at radius 1 is 1.24 bits per heavy atom. The lowest BCUT2D eigenvalue weighted by molar-refractivity contribution is -0.139. The lowest BCUT2D eigenvalue weighted by Crippen LogP contribution is -2.19. The molecule has 1 N–H and O–H groups in total. The molecule has 0 aromatic heterocycles. The summed E-state index contributed by atoms with van der Waals surface area (Å²) in [4.78, 5) is 11.4. The van der Waals surface area contributed by atoms with Crippen LogP contribution >= 0.6 is 0 Å². The van der Waals surface area contributed by atoms with Gasteiger partial charge in [0.2, 0.25) is 0 Å². The second-order valence-corrected chi connectivity index (χ2v) is 4.92. The summed E-state index contributed by atoms with van der Waals surface area (Å²) in [7, 11) is 0. The van der Waals surface area contributed by atoms with E-state index >= 15 is 0 Å². The molecule has 1 aliphatic rings. The molecule has 0 amide bonds. The van der Waals surface area contributed by atoms with Gasteiger partial charge >= 0.3 is 5.97 Å². The van der Waals surface area contributed by atoms with Crippen molar-refractivity contribution in [1.82, 2.24) is 0 Å². The Morgan fingerprint density at radius 3 is 2.65 bits per heavy atom. The van der Waals surface area contributed by atoms with E-state index in [9.17, 15) is 9.90 Å². The molecule has 0 saturated heterocycles. The minimum absolute atomic E-state index is 0.616. The Bertz CT molecular complexity index is 609. The molecule has 17 heavy (non-hydrogen) atoms. The van der Waals surface area contributed by atoms with Crippen molar-refractivity contribution in [3.8, 4) is 0 Å². The largest absolute Gasteiger partial charge is 0.481 e. The monoisotopic (exact) mass is 226 g/mol. The highest BCUT2D eigenvalue weighted by molar-refractivity contribution is 5.95. The fourth-order valence-corrected chi connectivity index (χ4v) is 2.54. The van der Waals surface area contributed by atoms with Crippen molar-refractivity contribution in [3.63, 3.8) is 0 Å². The summed E-state index contributed by atoms with van der Waals surface area (Å²) in [6.07, 6.45) is 1.52. The number of fused-ring (bicyclic) bond motifs is 1. The van der Waals surface area contributed by atoms with Gasteiger partial charge in [-0.3, -0.25) is 4.79 Å². The van der Waals surface area contributed by atoms with Gasteiger partial charge in [0.1, 0.15) is 0 Å². The average Bonchev–Trinajstić information content (AvgIpc) is 3.09. The maximum atomic E-state index is 11.4. The molecule has 0 bridgehead atoms. The smallest absolute Gasteiger partial charge is 0.314 e. The van der Waals surface area contributed by atoms with Gasteiger partial charge in [-0.25, -0.2) is 0 Å². The van der Waals surface area contributed by atoms with Gasteiger partial charge in [-0.1, -0.05) is 42.0 Å². The maximum Gasteiger partial charge on any atom is 0.314 e. The van der Waals surface area contributed by atoms with Crippen LogP contribution in [0.5, 0.6) is 0 Å². The zero-order valence-electron chi connectivity index (χ0n) is 9.73. The predicted molar refractivity (Wildman–Crippen MR) is 67.2 cm³/mol. The summed E-state index contributed by atoms with van der Waals surface area (Å²) in [5.41, 5.74) is 1.56. The van der Waals surface area contributed by atoms with Crippen LogP contribution in [0.15, 0.2) is 36.4 Å². The van der Waals surface area contributed by atoms with E-state index < -0.39 is 11.4 Å². The van der Waals surface area contributed by atoms with E-state index in [2.05, 4.69) is 13.0 Å². The summed E-state index contributed by atoms with van der Waals surface area (Å²) < 4.78 is 0. The number of carbonyl (C=O) groups is 1. The van der Waals surface area contributed by atoms with E-state index in [-0.39, 0.29) is 0 Å². The van der Waals surface area contributed by atoms with Crippen LogP contribution in [0.4, 0.5) is 0 Å². The number of carboxylic acid groups (broad SMARTS) is 1. The number of benzene rings is 2. The van der Waals surface area contributed by atoms with Crippen molar-refractivity contribution in [2.75, 3.05) is 0 Å². The molecule has 1 aliphatic carbocycles. The van der Waals surface area contributed by atoms with Gasteiger partial charge in [0.15, 0.2) is 0 Å². The second-order valence-electron chi connectivity index (χ2n) is 4.92. The van der Waals surface area contributed by atoms with Crippen LogP contribution in [-0.4, -0.2) is 11.1 Å². The Labute approximate surface area is 99.9 Å². The van der Waals surface area contributed by atoms with Crippen LogP contribution in [0.1, 0.15) is 24.0 Å². The van der Waals surface area contributed by atoms with Crippen molar-refractivity contribution in [3.05, 3.63) is 47.5 Å². The lowest BCUT2D eigenvalue weighted by Gasteiger charge is -2.13. The summed E-state index contributed by atoms with van der Waals surface area (Å²) >= 11 is 0. The molecular formula is C15H14O2. The predicted octanol–water partition coefficient (Wildman–Crippen LogP) is 3.26. The van der Waals surface area contributed by atoms with E-state index in [1.165, 1.54) is 5.56 Å². The first-order chi connectivity index (χ1) is 8.13. The zero-order valence-corrected chi connectivity index (χ0v) is 9.73. The van der Waals surface area contributed by atoms with Gasteiger partial charge < -0.3 is 5.11 Å². The van der Waals surface area contributed by atoms with E-state index in [1.54, 1.807) is 0 Å². The Kier molecular flexibility index (Phi) is 2.02. The third kappa shape index (κ3) is 1.44. The Balaban J connectivity index is 2.28. The summed E-state index contributed by atoms with van der Waals surface area (Å²) in [6, 6.07) is 12.2. The number of hydrogen-bond acceptors (Lipinski definition) is 1. The van der Waals surface area contributed by atoms with Crippen LogP contribution in [0.25, 0.3) is 10.8 Å². The minimum Gasteiger partial charge on any atom is -0.481 e. The van der Waals surface area contributed by atoms with Gasteiger partial charge in [0, 0.05) is 0 Å². The summed E-state index contributed by atoms with van der Waals surface area (Å²) in [5.74, 6) is -0.689. The standard InChI is InChI=1S/C15H14O2/c1-10-5-6-12-11(9-10)3-2-4-13(12)15(7-8-15)14(16)17/h2-6,9H,7-8H2,1H3,(H,16,17). The molecule has 0 aliphatic heterocycles. The van der Waals surface area contributed by atoms with Gasteiger partial charge in [-0.05, 0) is 36.1 Å². The van der Waals surface area contributed by atoms with E-state index in [0.717, 1.165) is 29.2 Å². The van der Waals surface area contributed by atoms with Crippen LogP contribution < -0.4 is 0 Å². The van der Waals surface area contributed by atoms with Crippen LogP contribution in [0.3, 0.4) is 0 Å². The van der Waals surface area contributed by atoms with Crippen LogP contribution in [0.2, 0.25) is 0 Å². The van der Waals surface area contributed by atoms with Crippen LogP contribution in [-0.2, 0) is 10.2 Å². The third-order valence-electron chi connectivity index (χ3n) is 3.71. The van der Waals surface area contributed by atoms with Crippen molar-refractivity contribution in [2.24, 2.45) is 0 Å². The number of aryl methyl sites for hydroxylation is 1. The molecule has 1 saturated carbocycles. The molecule has 86 valence electrons. The minimum atomic E-state index is -0.689. The maximum absolute atomic E-state index is 11.4. The highest BCUT2D eigenvalue weighted by Gasteiger charge is 2.52. The first kappa shape index (κ1) is 10.3.